The van der Waals surface area contributed by atoms with Crippen molar-refractivity contribution in [2.24, 2.45) is 10.7 Å². The minimum Gasteiger partial charge on any atom is -0.444 e. The number of nitrogens with zero attached hydrogens (tertiary/aromatic N) is 2. The minimum absolute atomic E-state index is 0.0562. The van der Waals surface area contributed by atoms with Crippen LogP contribution in [-0.2, 0) is 0 Å². The fraction of sp³-hybridized carbons (Fsp3) is 0.600. The molecule has 1 aromatic rings. The van der Waals surface area contributed by atoms with Gasteiger partial charge in [-0.3, -0.25) is 4.99 Å². The van der Waals surface area contributed by atoms with Gasteiger partial charge in [0.15, 0.2) is 5.96 Å². The van der Waals surface area contributed by atoms with Crippen LogP contribution in [0.2, 0.25) is 0 Å². The molecule has 5 nitrogen and oxygen atoms in total. The van der Waals surface area contributed by atoms with Gasteiger partial charge in [-0.1, -0.05) is 6.92 Å². The molecule has 15 heavy (non-hydrogen) atoms. The van der Waals surface area contributed by atoms with E-state index in [9.17, 15) is 0 Å². The maximum Gasteiger partial charge on any atom is 0.216 e. The van der Waals surface area contributed by atoms with E-state index in [-0.39, 0.29) is 6.04 Å². The molecule has 1 atom stereocenters. The number of rotatable bonds is 4. The minimum atomic E-state index is -0.0562. The Morgan fingerprint density at radius 1 is 1.73 bits per heavy atom. The first-order valence-corrected chi connectivity index (χ1v) is 5.12. The summed E-state index contributed by atoms with van der Waals surface area (Å²) < 4.78 is 5.37. The molecule has 1 aromatic heterocycles. The molecule has 0 aliphatic carbocycles. The van der Waals surface area contributed by atoms with Crippen LogP contribution in [0.5, 0.6) is 0 Å². The average molecular weight is 210 g/mol. The van der Waals surface area contributed by atoms with Crippen LogP contribution in [0, 0.1) is 6.92 Å². The molecule has 0 aliphatic heterocycles. The summed E-state index contributed by atoms with van der Waals surface area (Å²) in [7, 11) is 0. The van der Waals surface area contributed by atoms with E-state index in [0.717, 1.165) is 18.7 Å². The highest BCUT2D eigenvalue weighted by molar-refractivity contribution is 5.78. The highest BCUT2D eigenvalue weighted by Crippen LogP contribution is 2.11. The van der Waals surface area contributed by atoms with Crippen LogP contribution >= 0.6 is 0 Å². The highest BCUT2D eigenvalue weighted by atomic mass is 16.4. The van der Waals surface area contributed by atoms with Crippen LogP contribution < -0.4 is 11.1 Å². The summed E-state index contributed by atoms with van der Waals surface area (Å²) in [6.07, 6.45) is 2.67. The lowest BCUT2D eigenvalue weighted by atomic mass is 10.3. The first-order valence-electron chi connectivity index (χ1n) is 5.12. The molecule has 3 N–H and O–H groups in total. The van der Waals surface area contributed by atoms with Crippen molar-refractivity contribution >= 4 is 5.96 Å². The number of aryl methyl sites for hydroxylation is 1. The van der Waals surface area contributed by atoms with E-state index in [0.29, 0.717) is 11.9 Å². The van der Waals surface area contributed by atoms with Gasteiger partial charge in [0.05, 0.1) is 6.20 Å². The van der Waals surface area contributed by atoms with Crippen molar-refractivity contribution < 1.29 is 4.42 Å². The van der Waals surface area contributed by atoms with E-state index in [2.05, 4.69) is 22.2 Å². The Morgan fingerprint density at radius 2 is 2.47 bits per heavy atom. The Kier molecular flexibility index (Phi) is 4.15. The van der Waals surface area contributed by atoms with Crippen molar-refractivity contribution in [1.82, 2.24) is 10.3 Å². The van der Waals surface area contributed by atoms with Gasteiger partial charge in [-0.25, -0.2) is 4.98 Å². The second kappa shape index (κ2) is 5.38. The van der Waals surface area contributed by atoms with Crippen LogP contribution in [0.3, 0.4) is 0 Å². The van der Waals surface area contributed by atoms with Gasteiger partial charge in [-0.15, -0.1) is 0 Å². The number of aromatic nitrogens is 1. The van der Waals surface area contributed by atoms with Crippen LogP contribution in [0.4, 0.5) is 0 Å². The Bertz CT molecular complexity index is 332. The predicted octanol–water partition coefficient (Wildman–Crippen LogP) is 1.36. The average Bonchev–Trinajstić information content (AvgIpc) is 2.61. The van der Waals surface area contributed by atoms with E-state index >= 15 is 0 Å². The van der Waals surface area contributed by atoms with E-state index < -0.39 is 0 Å². The lowest BCUT2D eigenvalue weighted by Gasteiger charge is -2.10. The van der Waals surface area contributed by atoms with Crippen molar-refractivity contribution in [3.63, 3.8) is 0 Å². The third-order valence-corrected chi connectivity index (χ3v) is 1.88. The summed E-state index contributed by atoms with van der Waals surface area (Å²) in [5.74, 6) is 1.85. The Labute approximate surface area is 89.8 Å². The molecule has 0 spiro atoms. The smallest absolute Gasteiger partial charge is 0.216 e. The predicted molar refractivity (Wildman–Crippen MR) is 59.6 cm³/mol. The molecule has 1 rings (SSSR count). The Hall–Kier alpha value is -1.52. The van der Waals surface area contributed by atoms with Gasteiger partial charge >= 0.3 is 0 Å². The molecule has 0 amide bonds. The molecule has 0 aromatic carbocycles. The summed E-state index contributed by atoms with van der Waals surface area (Å²) in [6, 6.07) is -0.0562. The van der Waals surface area contributed by atoms with Gasteiger partial charge in [-0.2, -0.15) is 0 Å². The van der Waals surface area contributed by atoms with E-state index in [1.807, 2.05) is 13.8 Å². The monoisotopic (exact) mass is 210 g/mol. The van der Waals surface area contributed by atoms with Gasteiger partial charge in [-0.05, 0) is 20.3 Å². The fourth-order valence-electron chi connectivity index (χ4n) is 1.13. The number of aliphatic imine (C=N–C) groups is 1. The maximum absolute atomic E-state index is 5.67. The number of guanidine groups is 1. The summed E-state index contributed by atoms with van der Waals surface area (Å²) in [4.78, 5) is 8.24. The highest BCUT2D eigenvalue weighted by Gasteiger charge is 2.11. The van der Waals surface area contributed by atoms with Crippen molar-refractivity contribution in [1.29, 1.82) is 0 Å². The first kappa shape index (κ1) is 11.6. The van der Waals surface area contributed by atoms with Gasteiger partial charge < -0.3 is 15.5 Å². The fourth-order valence-corrected chi connectivity index (χ4v) is 1.13. The van der Waals surface area contributed by atoms with Crippen molar-refractivity contribution in [2.75, 3.05) is 6.54 Å². The SMILES string of the molecule is CCCN=C(N)NC(C)c1ncc(C)o1. The topological polar surface area (TPSA) is 76.4 Å². The lowest BCUT2D eigenvalue weighted by molar-refractivity contribution is 0.428. The zero-order valence-corrected chi connectivity index (χ0v) is 9.45. The molecule has 1 unspecified atom stereocenters. The molecule has 0 saturated carbocycles. The standard InChI is InChI=1S/C10H18N4O/c1-4-5-12-10(11)14-8(3)9-13-6-7(2)15-9/h6,8H,4-5H2,1-3H3,(H3,11,12,14). The maximum atomic E-state index is 5.67. The number of oxazole rings is 1. The van der Waals surface area contributed by atoms with Crippen molar-refractivity contribution in [3.05, 3.63) is 17.8 Å². The summed E-state index contributed by atoms with van der Waals surface area (Å²) in [5, 5.41) is 3.02. The number of nitrogens with one attached hydrogen (secondary N) is 1. The van der Waals surface area contributed by atoms with Crippen LogP contribution in [-0.4, -0.2) is 17.5 Å². The van der Waals surface area contributed by atoms with Crippen LogP contribution in [0.15, 0.2) is 15.6 Å². The van der Waals surface area contributed by atoms with Gasteiger partial charge in [0.2, 0.25) is 5.89 Å². The molecular weight excluding hydrogens is 192 g/mol. The second-order valence-electron chi connectivity index (χ2n) is 3.44. The summed E-state index contributed by atoms with van der Waals surface area (Å²) >= 11 is 0. The molecule has 1 heterocycles. The molecule has 0 bridgehead atoms. The molecule has 0 saturated heterocycles. The van der Waals surface area contributed by atoms with Crippen LogP contribution in [0.25, 0.3) is 0 Å². The molecular formula is C10H18N4O. The normalized spacial score (nSPS) is 13.9. The van der Waals surface area contributed by atoms with E-state index in [4.69, 9.17) is 10.2 Å². The lowest BCUT2D eigenvalue weighted by Crippen LogP contribution is -2.34. The zero-order valence-electron chi connectivity index (χ0n) is 9.45. The third-order valence-electron chi connectivity index (χ3n) is 1.88. The quantitative estimate of drug-likeness (QED) is 0.581. The van der Waals surface area contributed by atoms with Gasteiger partial charge in [0, 0.05) is 6.54 Å². The summed E-state index contributed by atoms with van der Waals surface area (Å²) in [6.45, 7) is 6.57. The molecule has 0 aliphatic rings. The Morgan fingerprint density at radius 3 is 3.00 bits per heavy atom. The van der Waals surface area contributed by atoms with Gasteiger partial charge in [0.1, 0.15) is 11.8 Å². The molecule has 0 radical (unpaired) electrons. The Balaban J connectivity index is 2.52. The van der Waals surface area contributed by atoms with Gasteiger partial charge in [0.25, 0.3) is 0 Å². The van der Waals surface area contributed by atoms with E-state index in [1.54, 1.807) is 6.20 Å². The largest absolute Gasteiger partial charge is 0.444 e. The van der Waals surface area contributed by atoms with Crippen molar-refractivity contribution in [3.8, 4) is 0 Å². The third kappa shape index (κ3) is 3.61. The van der Waals surface area contributed by atoms with Crippen molar-refractivity contribution in [2.45, 2.75) is 33.2 Å². The molecule has 84 valence electrons. The number of hydrogen-bond donors (Lipinski definition) is 2. The van der Waals surface area contributed by atoms with Crippen LogP contribution in [0.1, 0.15) is 38.0 Å². The number of nitrogens with two attached hydrogens (primary N) is 1. The first-order chi connectivity index (χ1) is 7.13. The molecule has 0 fully saturated rings. The second-order valence-corrected chi connectivity index (χ2v) is 3.44. The molecule has 5 heteroatoms. The zero-order chi connectivity index (χ0) is 11.3. The van der Waals surface area contributed by atoms with E-state index in [1.165, 1.54) is 0 Å². The summed E-state index contributed by atoms with van der Waals surface area (Å²) in [5.41, 5.74) is 5.67. The number of hydrogen-bond acceptors (Lipinski definition) is 3.